The van der Waals surface area contributed by atoms with E-state index >= 15 is 0 Å². The van der Waals surface area contributed by atoms with Crippen molar-refractivity contribution >= 4 is 51.7 Å². The quantitative estimate of drug-likeness (QED) is 0.185. The number of carboxylic acid groups (broad SMARTS) is 1. The van der Waals surface area contributed by atoms with Crippen LogP contribution in [-0.2, 0) is 32.2 Å². The Bertz CT molecular complexity index is 1270. The number of β-lactam (4-membered cyclic amide) rings is 1. The number of rotatable bonds is 9. The number of aliphatic carboxylic acids is 1. The van der Waals surface area contributed by atoms with Gasteiger partial charge in [-0.3, -0.25) is 14.5 Å². The first kappa shape index (κ1) is 25.5. The number of anilines is 1. The van der Waals surface area contributed by atoms with Gasteiger partial charge in [0.25, 0.3) is 11.8 Å². The molecule has 0 aromatic carbocycles. The number of pyridine rings is 1. The third-order valence-corrected chi connectivity index (χ3v) is 7.45. The number of nitrogens with zero attached hydrogens (tertiary/aromatic N) is 4. The molecule has 4 N–H and O–H groups in total. The number of carboxylic acids is 1. The number of fused-ring (bicyclic) bond motifs is 1. The summed E-state index contributed by atoms with van der Waals surface area (Å²) in [5.74, 6) is -2.58. The molecule has 1 saturated heterocycles. The van der Waals surface area contributed by atoms with Crippen LogP contribution in [0.25, 0.3) is 0 Å². The van der Waals surface area contributed by atoms with Gasteiger partial charge in [0.1, 0.15) is 22.8 Å². The molecule has 4 heterocycles. The molecule has 11 nitrogen and oxygen atoms in total. The van der Waals surface area contributed by atoms with E-state index in [2.05, 4.69) is 20.3 Å². The molecule has 0 bridgehead atoms. The highest BCUT2D eigenvalue weighted by Crippen LogP contribution is 2.40. The Balaban J connectivity index is 1.54. The van der Waals surface area contributed by atoms with Gasteiger partial charge in [-0.2, -0.15) is 8.78 Å². The number of amides is 2. The van der Waals surface area contributed by atoms with Crippen molar-refractivity contribution in [1.82, 2.24) is 15.2 Å². The number of oxime groups is 1. The zero-order valence-corrected chi connectivity index (χ0v) is 20.4. The van der Waals surface area contributed by atoms with Gasteiger partial charge in [0.15, 0.2) is 29.8 Å². The minimum atomic E-state index is -3.28. The van der Waals surface area contributed by atoms with E-state index in [1.54, 1.807) is 0 Å². The van der Waals surface area contributed by atoms with Gasteiger partial charge in [0, 0.05) is 28.3 Å². The van der Waals surface area contributed by atoms with Crippen molar-refractivity contribution in [2.24, 2.45) is 5.16 Å². The second-order valence-corrected chi connectivity index (χ2v) is 9.73. The fraction of sp³-hybridized carbons (Fsp3) is 0.333. The highest BCUT2D eigenvalue weighted by molar-refractivity contribution is 8.00. The lowest BCUT2D eigenvalue weighted by Gasteiger charge is -2.49. The van der Waals surface area contributed by atoms with Gasteiger partial charge in [-0.05, 0) is 12.5 Å². The molecule has 0 spiro atoms. The Kier molecular flexibility index (Phi) is 7.49. The molecule has 2 aliphatic heterocycles. The van der Waals surface area contributed by atoms with Crippen LogP contribution in [0.2, 0.25) is 0 Å². The number of nitrogens with one attached hydrogen (secondary N) is 1. The van der Waals surface area contributed by atoms with E-state index in [1.165, 1.54) is 17.1 Å². The largest absolute Gasteiger partial charge is 0.477 e. The number of hydrogen-bond acceptors (Lipinski definition) is 9. The fourth-order valence-corrected chi connectivity index (χ4v) is 5.70. The van der Waals surface area contributed by atoms with Crippen LogP contribution in [0.5, 0.6) is 0 Å². The van der Waals surface area contributed by atoms with Crippen molar-refractivity contribution < 1.29 is 37.7 Å². The molecule has 0 aliphatic carbocycles. The van der Waals surface area contributed by atoms with Gasteiger partial charge in [-0.1, -0.05) is 12.1 Å². The van der Waals surface area contributed by atoms with Crippen molar-refractivity contribution in [1.29, 1.82) is 0 Å². The summed E-state index contributed by atoms with van der Waals surface area (Å²) in [5.41, 5.74) is 6.36. The van der Waals surface area contributed by atoms with E-state index < -0.39 is 41.5 Å². The first-order chi connectivity index (χ1) is 17.2. The predicted octanol–water partition coefficient (Wildman–Crippen LogP) is 0.957. The number of halogens is 2. The summed E-state index contributed by atoms with van der Waals surface area (Å²) >= 11 is 2.24. The van der Waals surface area contributed by atoms with Crippen molar-refractivity contribution in [2.45, 2.75) is 37.9 Å². The van der Waals surface area contributed by atoms with Gasteiger partial charge in [0.2, 0.25) is 0 Å². The smallest absolute Gasteiger partial charge is 0.407 e. The zero-order chi connectivity index (χ0) is 26.0. The molecular formula is C21H21F2N6O5S2+. The number of carbonyl (C=O) groups is 3. The first-order valence-electron chi connectivity index (χ1n) is 10.6. The molecule has 2 aliphatic rings. The van der Waals surface area contributed by atoms with Crippen molar-refractivity contribution in [3.05, 3.63) is 52.4 Å². The molecule has 4 rings (SSSR count). The maximum atomic E-state index is 12.9. The summed E-state index contributed by atoms with van der Waals surface area (Å²) in [4.78, 5) is 46.8. The second kappa shape index (κ2) is 10.6. The summed E-state index contributed by atoms with van der Waals surface area (Å²) < 4.78 is 26.9. The van der Waals surface area contributed by atoms with E-state index in [0.717, 1.165) is 28.2 Å². The van der Waals surface area contributed by atoms with Crippen LogP contribution in [0, 0.1) is 0 Å². The Hall–Kier alpha value is -3.59. The number of alkyl halides is 2. The number of thioether (sulfide) groups is 1. The van der Waals surface area contributed by atoms with Crippen LogP contribution in [0.15, 0.2) is 46.3 Å². The van der Waals surface area contributed by atoms with Gasteiger partial charge < -0.3 is 21.0 Å². The van der Waals surface area contributed by atoms with E-state index in [1.807, 2.05) is 36.0 Å². The number of nitrogens with two attached hydrogens (primary N) is 1. The van der Waals surface area contributed by atoms with Crippen LogP contribution < -0.4 is 15.6 Å². The minimum Gasteiger partial charge on any atom is -0.477 e. The molecule has 1 unspecified atom stereocenters. The van der Waals surface area contributed by atoms with Crippen molar-refractivity contribution in [3.8, 4) is 0 Å². The summed E-state index contributed by atoms with van der Waals surface area (Å²) in [5, 5.41) is 16.2. The lowest BCUT2D eigenvalue weighted by Crippen LogP contribution is -2.71. The fourth-order valence-electron chi connectivity index (χ4n) is 3.81. The Morgan fingerprint density at radius 2 is 2.25 bits per heavy atom. The maximum absolute atomic E-state index is 12.9. The van der Waals surface area contributed by atoms with E-state index in [4.69, 9.17) is 5.73 Å². The number of carbonyl (C=O) groups excluding carboxylic acids is 2. The van der Waals surface area contributed by atoms with E-state index in [0.29, 0.717) is 11.3 Å². The topological polar surface area (TPSA) is 151 Å². The monoisotopic (exact) mass is 539 g/mol. The molecule has 0 saturated carbocycles. The molecule has 1 fully saturated rings. The predicted molar refractivity (Wildman–Crippen MR) is 126 cm³/mol. The summed E-state index contributed by atoms with van der Waals surface area (Å²) in [6.45, 7) is -0.992. The van der Waals surface area contributed by atoms with Crippen LogP contribution >= 0.6 is 23.1 Å². The number of nitrogen functional groups attached to an aromatic ring is 1. The molecule has 0 radical (unpaired) electrons. The Morgan fingerprint density at radius 1 is 1.47 bits per heavy atom. The summed E-state index contributed by atoms with van der Waals surface area (Å²) in [6.07, 6.45) is 4.55. The molecule has 36 heavy (non-hydrogen) atoms. The number of aryl methyl sites for hydroxylation is 1. The lowest BCUT2D eigenvalue weighted by atomic mass is 10.0. The average molecular weight is 540 g/mol. The van der Waals surface area contributed by atoms with Gasteiger partial charge in [0.05, 0.1) is 0 Å². The minimum absolute atomic E-state index is 0.0717. The molecule has 190 valence electrons. The number of hydrogen-bond donors (Lipinski definition) is 3. The Labute approximate surface area is 211 Å². The van der Waals surface area contributed by atoms with Crippen LogP contribution in [0.1, 0.15) is 18.2 Å². The van der Waals surface area contributed by atoms with Gasteiger partial charge in [-0.15, -0.1) is 23.1 Å². The summed E-state index contributed by atoms with van der Waals surface area (Å²) in [7, 11) is 0. The molecular weight excluding hydrogens is 518 g/mol. The number of aromatic nitrogens is 2. The normalized spacial score (nSPS) is 19.7. The highest BCUT2D eigenvalue weighted by atomic mass is 32.2. The van der Waals surface area contributed by atoms with E-state index in [9.17, 15) is 28.3 Å². The molecule has 15 heteroatoms. The van der Waals surface area contributed by atoms with Crippen LogP contribution in [0.4, 0.5) is 13.9 Å². The van der Waals surface area contributed by atoms with Crippen LogP contribution in [0.3, 0.4) is 0 Å². The highest BCUT2D eigenvalue weighted by Gasteiger charge is 2.54. The lowest BCUT2D eigenvalue weighted by molar-refractivity contribution is -0.689. The summed E-state index contributed by atoms with van der Waals surface area (Å²) in [6, 6.07) is 2.73. The van der Waals surface area contributed by atoms with Gasteiger partial charge in [-0.25, -0.2) is 14.3 Å². The SMILES string of the molecule is CCc1ccc[n+](CC2=C(C(=O)O)N3C(=O)C(NC(=O)C(=NOC(F)F)c4csc(N)n4)[C@H]3SC2)c1. The molecule has 2 aromatic heterocycles. The van der Waals surface area contributed by atoms with Gasteiger partial charge >= 0.3 is 12.6 Å². The first-order valence-corrected chi connectivity index (χ1v) is 12.5. The van der Waals surface area contributed by atoms with E-state index in [-0.39, 0.29) is 23.1 Å². The molecule has 2 amide bonds. The van der Waals surface area contributed by atoms with Crippen LogP contribution in [-0.4, -0.2) is 62.3 Å². The number of thiazole rings is 1. The molecule has 2 aromatic rings. The third-order valence-electron chi connectivity index (χ3n) is 5.44. The zero-order valence-electron chi connectivity index (χ0n) is 18.8. The maximum Gasteiger partial charge on any atom is 0.407 e. The second-order valence-electron chi connectivity index (χ2n) is 7.73. The van der Waals surface area contributed by atoms with Crippen molar-refractivity contribution in [3.63, 3.8) is 0 Å². The molecule has 2 atom stereocenters. The van der Waals surface area contributed by atoms with Crippen molar-refractivity contribution in [2.75, 3.05) is 11.5 Å². The average Bonchev–Trinajstić information content (AvgIpc) is 3.27. The standard InChI is InChI=1S/C21H20F2N6O5S2/c1-2-10-4-3-5-28(6-10)7-11-8-35-18-14(17(31)29(18)15(11)19(32)33)26-16(30)13(27-34-20(22)23)12-9-36-21(24)25-12/h3-6,9,14,18,20H,2,7-8H2,1H3,(H3-,24,25,26,30,32,33)/p+1/t14?,18-/m1/s1. The Morgan fingerprint density at radius 3 is 2.89 bits per heavy atom. The third kappa shape index (κ3) is 5.16.